The highest BCUT2D eigenvalue weighted by molar-refractivity contribution is 5.95. The number of hydrogen-bond donors (Lipinski definition) is 1. The molecule has 25 heavy (non-hydrogen) atoms. The Balaban J connectivity index is 2.31. The first-order chi connectivity index (χ1) is 11.7. The van der Waals surface area contributed by atoms with E-state index in [4.69, 9.17) is 0 Å². The van der Waals surface area contributed by atoms with Crippen LogP contribution in [0.5, 0.6) is 0 Å². The number of aromatic nitrogens is 2. The maximum absolute atomic E-state index is 13.0. The van der Waals surface area contributed by atoms with E-state index in [9.17, 15) is 32.5 Å². The number of para-hydroxylation sites is 2. The second-order valence-electron chi connectivity index (χ2n) is 4.98. The molecule has 0 saturated carbocycles. The highest BCUT2D eigenvalue weighted by Crippen LogP contribution is 2.29. The number of hydrogen-bond acceptors (Lipinski definition) is 4. The lowest BCUT2D eigenvalue weighted by Crippen LogP contribution is -2.26. The van der Waals surface area contributed by atoms with Gasteiger partial charge in [-0.15, -0.1) is 0 Å². The molecule has 1 heterocycles. The van der Waals surface area contributed by atoms with Crippen LogP contribution in [0.1, 0.15) is 37.2 Å². The second-order valence-corrected chi connectivity index (χ2v) is 4.98. The van der Waals surface area contributed by atoms with Crippen molar-refractivity contribution in [2.24, 2.45) is 0 Å². The fraction of sp³-hybridized carbons (Fsp3) is 0.286. The third-order valence-electron chi connectivity index (χ3n) is 3.34. The molecule has 0 aliphatic heterocycles. The van der Waals surface area contributed by atoms with Gasteiger partial charge in [0, 0.05) is 6.07 Å². The molecule has 134 valence electrons. The average molecular weight is 360 g/mol. The van der Waals surface area contributed by atoms with E-state index in [1.165, 1.54) is 18.2 Å². The molecule has 1 N–H and O–H groups in total. The third-order valence-corrected chi connectivity index (χ3v) is 3.34. The molecule has 11 heteroatoms. The van der Waals surface area contributed by atoms with Crippen LogP contribution in [0.4, 0.5) is 28.9 Å². The number of halogens is 4. The van der Waals surface area contributed by atoms with E-state index in [0.717, 1.165) is 13.0 Å². The first-order valence-electron chi connectivity index (χ1n) is 6.92. The summed E-state index contributed by atoms with van der Waals surface area (Å²) in [4.78, 5) is 22.4. The van der Waals surface area contributed by atoms with E-state index in [2.05, 4.69) is 10.4 Å². The topological polar surface area (TPSA) is 90.1 Å². The van der Waals surface area contributed by atoms with Crippen LogP contribution in [0.3, 0.4) is 0 Å². The number of nitrogens with one attached hydrogen (secondary N) is 1. The van der Waals surface area contributed by atoms with Gasteiger partial charge < -0.3 is 5.32 Å². The molecule has 1 aromatic heterocycles. The van der Waals surface area contributed by atoms with Gasteiger partial charge in [0.25, 0.3) is 18.5 Å². The first-order valence-corrected chi connectivity index (χ1v) is 6.92. The molecule has 0 fully saturated rings. The van der Waals surface area contributed by atoms with Gasteiger partial charge in [-0.2, -0.15) is 5.10 Å². The minimum atomic E-state index is -3.12. The Bertz CT molecular complexity index is 794. The van der Waals surface area contributed by atoms with Crippen molar-refractivity contribution >= 4 is 17.3 Å². The van der Waals surface area contributed by atoms with E-state index in [1.807, 2.05) is 0 Å². The standard InChI is InChI=1S/C14H12F4N4O3/c1-7(21-11(13(17)18)6-9(20-21)12(15)16)14(23)19-8-4-2-3-5-10(8)22(24)25/h2-7,12-13H,1H3,(H,19,23). The summed E-state index contributed by atoms with van der Waals surface area (Å²) in [5.41, 5.74) is -2.28. The van der Waals surface area contributed by atoms with Gasteiger partial charge in [0.1, 0.15) is 23.1 Å². The van der Waals surface area contributed by atoms with Crippen LogP contribution < -0.4 is 5.32 Å². The molecule has 0 spiro atoms. The maximum Gasteiger partial charge on any atom is 0.292 e. The predicted octanol–water partition coefficient (Wildman–Crippen LogP) is 3.87. The van der Waals surface area contributed by atoms with Crippen molar-refractivity contribution in [1.29, 1.82) is 0 Å². The molecule has 0 aliphatic rings. The number of alkyl halides is 4. The van der Waals surface area contributed by atoms with E-state index >= 15 is 0 Å². The van der Waals surface area contributed by atoms with E-state index in [-0.39, 0.29) is 5.69 Å². The highest BCUT2D eigenvalue weighted by atomic mass is 19.3. The fourth-order valence-electron chi connectivity index (χ4n) is 2.10. The summed E-state index contributed by atoms with van der Waals surface area (Å²) in [6.45, 7) is 1.16. The molecule has 2 rings (SSSR count). The summed E-state index contributed by atoms with van der Waals surface area (Å²) >= 11 is 0. The van der Waals surface area contributed by atoms with Crippen molar-refractivity contribution in [2.45, 2.75) is 25.8 Å². The normalized spacial score (nSPS) is 12.4. The van der Waals surface area contributed by atoms with Crippen molar-refractivity contribution in [3.05, 3.63) is 51.8 Å². The van der Waals surface area contributed by atoms with E-state index < -0.39 is 46.8 Å². The zero-order valence-corrected chi connectivity index (χ0v) is 12.7. The van der Waals surface area contributed by atoms with Crippen molar-refractivity contribution < 1.29 is 27.3 Å². The van der Waals surface area contributed by atoms with Crippen LogP contribution in [-0.4, -0.2) is 20.6 Å². The molecular weight excluding hydrogens is 348 g/mol. The number of carbonyl (C=O) groups excluding carboxylic acids is 1. The van der Waals surface area contributed by atoms with Crippen LogP contribution in [-0.2, 0) is 4.79 Å². The van der Waals surface area contributed by atoms with Crippen LogP contribution >= 0.6 is 0 Å². The SMILES string of the molecule is CC(C(=O)Nc1ccccc1[N+](=O)[O-])n1nc(C(F)F)cc1C(F)F. The maximum atomic E-state index is 13.0. The summed E-state index contributed by atoms with van der Waals surface area (Å²) in [5.74, 6) is -0.917. The Labute approximate surface area is 138 Å². The minimum absolute atomic E-state index is 0.149. The second kappa shape index (κ2) is 7.28. The number of nitro groups is 1. The first kappa shape index (κ1) is 18.4. The average Bonchev–Trinajstić information content (AvgIpc) is 3.00. The van der Waals surface area contributed by atoms with E-state index in [0.29, 0.717) is 10.7 Å². The molecule has 2 aromatic rings. The third kappa shape index (κ3) is 3.92. The lowest BCUT2D eigenvalue weighted by molar-refractivity contribution is -0.383. The Kier molecular flexibility index (Phi) is 5.35. The molecular formula is C14H12F4N4O3. The van der Waals surface area contributed by atoms with Gasteiger partial charge in [0.15, 0.2) is 0 Å². The smallest absolute Gasteiger partial charge is 0.292 e. The zero-order chi connectivity index (χ0) is 18.7. The van der Waals surface area contributed by atoms with Gasteiger partial charge in [-0.25, -0.2) is 17.6 Å². The van der Waals surface area contributed by atoms with Crippen molar-refractivity contribution in [3.63, 3.8) is 0 Å². The molecule has 0 aliphatic carbocycles. The number of nitrogens with zero attached hydrogens (tertiary/aromatic N) is 3. The van der Waals surface area contributed by atoms with Crippen molar-refractivity contribution in [3.8, 4) is 0 Å². The zero-order valence-electron chi connectivity index (χ0n) is 12.7. The lowest BCUT2D eigenvalue weighted by Gasteiger charge is -2.15. The number of rotatable bonds is 6. The summed E-state index contributed by atoms with van der Waals surface area (Å²) in [6, 6.07) is 4.34. The Morgan fingerprint density at radius 2 is 1.88 bits per heavy atom. The molecule has 7 nitrogen and oxygen atoms in total. The van der Waals surface area contributed by atoms with Gasteiger partial charge in [-0.05, 0) is 19.1 Å². The molecule has 1 unspecified atom stereocenters. The van der Waals surface area contributed by atoms with Crippen LogP contribution in [0.15, 0.2) is 30.3 Å². The summed E-state index contributed by atoms with van der Waals surface area (Å²) < 4.78 is 51.8. The predicted molar refractivity (Wildman–Crippen MR) is 78.6 cm³/mol. The van der Waals surface area contributed by atoms with Gasteiger partial charge in [0.05, 0.1) is 4.92 Å². The Morgan fingerprint density at radius 1 is 1.24 bits per heavy atom. The quantitative estimate of drug-likeness (QED) is 0.481. The number of anilines is 1. The number of carbonyl (C=O) groups is 1. The molecule has 1 aromatic carbocycles. The van der Waals surface area contributed by atoms with Crippen LogP contribution in [0, 0.1) is 10.1 Å². The number of benzene rings is 1. The number of amides is 1. The Hall–Kier alpha value is -2.98. The van der Waals surface area contributed by atoms with Crippen molar-refractivity contribution in [1.82, 2.24) is 9.78 Å². The van der Waals surface area contributed by atoms with Gasteiger partial charge in [-0.3, -0.25) is 19.6 Å². The monoisotopic (exact) mass is 360 g/mol. The summed E-state index contributed by atoms with van der Waals surface area (Å²) in [6.07, 6.45) is -6.20. The molecule has 1 amide bonds. The van der Waals surface area contributed by atoms with Gasteiger partial charge >= 0.3 is 0 Å². The van der Waals surface area contributed by atoms with Gasteiger partial charge in [0.2, 0.25) is 5.91 Å². The highest BCUT2D eigenvalue weighted by Gasteiger charge is 2.27. The fourth-order valence-corrected chi connectivity index (χ4v) is 2.10. The Morgan fingerprint density at radius 3 is 2.44 bits per heavy atom. The van der Waals surface area contributed by atoms with E-state index in [1.54, 1.807) is 0 Å². The number of nitro benzene ring substituents is 1. The molecule has 0 bridgehead atoms. The lowest BCUT2D eigenvalue weighted by atomic mass is 10.2. The van der Waals surface area contributed by atoms with Crippen LogP contribution in [0.2, 0.25) is 0 Å². The molecule has 0 radical (unpaired) electrons. The molecule has 0 saturated heterocycles. The van der Waals surface area contributed by atoms with Crippen LogP contribution in [0.25, 0.3) is 0 Å². The summed E-state index contributed by atoms with van der Waals surface area (Å²) in [5, 5.41) is 16.5. The largest absolute Gasteiger partial charge is 0.319 e. The summed E-state index contributed by atoms with van der Waals surface area (Å²) in [7, 11) is 0. The van der Waals surface area contributed by atoms with Gasteiger partial charge in [-0.1, -0.05) is 12.1 Å². The van der Waals surface area contributed by atoms with Crippen molar-refractivity contribution in [2.75, 3.05) is 5.32 Å². The molecule has 1 atom stereocenters. The minimum Gasteiger partial charge on any atom is -0.319 e.